The number of rotatable bonds is 4. The zero-order valence-electron chi connectivity index (χ0n) is 12.6. The summed E-state index contributed by atoms with van der Waals surface area (Å²) in [5.41, 5.74) is 3.19. The first-order chi connectivity index (χ1) is 11.2. The molecule has 1 N–H and O–H groups in total. The maximum Gasteiger partial charge on any atom is 0.294 e. The van der Waals surface area contributed by atoms with E-state index < -0.39 is 0 Å². The lowest BCUT2D eigenvalue weighted by molar-refractivity contribution is 0.0988. The first-order valence-electron chi connectivity index (χ1n) is 7.14. The highest BCUT2D eigenvalue weighted by Gasteiger charge is 2.11. The lowest BCUT2D eigenvalue weighted by Gasteiger charge is -2.03. The minimum Gasteiger partial charge on any atom is -0.351 e. The van der Waals surface area contributed by atoms with Gasteiger partial charge in [0.05, 0.1) is 11.4 Å². The number of hydrogen-bond acceptors (Lipinski definition) is 4. The summed E-state index contributed by atoms with van der Waals surface area (Å²) in [6.07, 6.45) is 5.60. The van der Waals surface area contributed by atoms with Gasteiger partial charge in [-0.15, -0.1) is 0 Å². The molecule has 0 aliphatic carbocycles. The van der Waals surface area contributed by atoms with Crippen LogP contribution >= 0.6 is 0 Å². The minimum atomic E-state index is -0.323. The molecule has 0 fully saturated rings. The molecule has 5 nitrogen and oxygen atoms in total. The highest BCUT2D eigenvalue weighted by molar-refractivity contribution is 6.02. The standard InChI is InChI=1S/C18H15N3O2/c1-13-11-17(23-21-13)18(22)20-16-7-4-5-14(12-16)8-9-15-6-2-3-10-19-15/h2-12H,1H3,(H,20,22)/b9-8+. The second kappa shape index (κ2) is 6.70. The molecule has 3 rings (SSSR count). The summed E-state index contributed by atoms with van der Waals surface area (Å²) in [5, 5.41) is 6.49. The van der Waals surface area contributed by atoms with Crippen molar-refractivity contribution in [3.63, 3.8) is 0 Å². The molecule has 0 saturated carbocycles. The summed E-state index contributed by atoms with van der Waals surface area (Å²) in [6.45, 7) is 1.77. The van der Waals surface area contributed by atoms with Crippen LogP contribution < -0.4 is 5.32 Å². The van der Waals surface area contributed by atoms with E-state index in [0.29, 0.717) is 11.4 Å². The molecule has 2 heterocycles. The van der Waals surface area contributed by atoms with Crippen LogP contribution in [-0.2, 0) is 0 Å². The largest absolute Gasteiger partial charge is 0.351 e. The van der Waals surface area contributed by atoms with E-state index >= 15 is 0 Å². The van der Waals surface area contributed by atoms with Gasteiger partial charge in [0.1, 0.15) is 0 Å². The van der Waals surface area contributed by atoms with Gasteiger partial charge < -0.3 is 9.84 Å². The summed E-state index contributed by atoms with van der Waals surface area (Å²) in [7, 11) is 0. The van der Waals surface area contributed by atoms with Gasteiger partial charge in [0.15, 0.2) is 0 Å². The highest BCUT2D eigenvalue weighted by Crippen LogP contribution is 2.15. The summed E-state index contributed by atoms with van der Waals surface area (Å²) >= 11 is 0. The number of benzene rings is 1. The zero-order chi connectivity index (χ0) is 16.1. The van der Waals surface area contributed by atoms with E-state index in [9.17, 15) is 4.79 Å². The fraction of sp³-hybridized carbons (Fsp3) is 0.0556. The Morgan fingerprint density at radius 1 is 1.13 bits per heavy atom. The van der Waals surface area contributed by atoms with Gasteiger partial charge in [-0.2, -0.15) is 0 Å². The summed E-state index contributed by atoms with van der Waals surface area (Å²) in [6, 6.07) is 14.8. The molecule has 0 bridgehead atoms. The molecule has 0 aliphatic rings. The number of anilines is 1. The molecular formula is C18H15N3O2. The van der Waals surface area contributed by atoms with Crippen molar-refractivity contribution in [1.82, 2.24) is 10.1 Å². The predicted molar refractivity (Wildman–Crippen MR) is 88.8 cm³/mol. The Kier molecular flexibility index (Phi) is 4.29. The lowest BCUT2D eigenvalue weighted by Crippen LogP contribution is -2.10. The van der Waals surface area contributed by atoms with Crippen LogP contribution in [0.3, 0.4) is 0 Å². The van der Waals surface area contributed by atoms with Gasteiger partial charge in [0.2, 0.25) is 5.76 Å². The maximum absolute atomic E-state index is 12.0. The number of carbonyl (C=O) groups excluding carboxylic acids is 1. The van der Waals surface area contributed by atoms with E-state index in [4.69, 9.17) is 4.52 Å². The Morgan fingerprint density at radius 3 is 2.78 bits per heavy atom. The van der Waals surface area contributed by atoms with E-state index in [0.717, 1.165) is 11.3 Å². The minimum absolute atomic E-state index is 0.192. The summed E-state index contributed by atoms with van der Waals surface area (Å²) in [5.74, 6) is -0.131. The summed E-state index contributed by atoms with van der Waals surface area (Å²) in [4.78, 5) is 16.3. The Hall–Kier alpha value is -3.21. The first-order valence-corrected chi connectivity index (χ1v) is 7.14. The molecule has 23 heavy (non-hydrogen) atoms. The van der Waals surface area contributed by atoms with Gasteiger partial charge in [0.25, 0.3) is 5.91 Å². The summed E-state index contributed by atoms with van der Waals surface area (Å²) < 4.78 is 4.95. The Morgan fingerprint density at radius 2 is 2.04 bits per heavy atom. The monoisotopic (exact) mass is 305 g/mol. The third kappa shape index (κ3) is 3.91. The Bertz CT molecular complexity index is 838. The van der Waals surface area contributed by atoms with Gasteiger partial charge in [0, 0.05) is 18.0 Å². The second-order valence-electron chi connectivity index (χ2n) is 5.00. The molecule has 114 valence electrons. The molecule has 0 radical (unpaired) electrons. The number of aromatic nitrogens is 2. The van der Waals surface area contributed by atoms with Crippen LogP contribution in [0.5, 0.6) is 0 Å². The van der Waals surface area contributed by atoms with Crippen LogP contribution in [-0.4, -0.2) is 16.0 Å². The SMILES string of the molecule is Cc1cc(C(=O)Nc2cccc(/C=C/c3ccccn3)c2)on1. The maximum atomic E-state index is 12.0. The van der Waals surface area contributed by atoms with Gasteiger partial charge in [-0.25, -0.2) is 0 Å². The number of aryl methyl sites for hydroxylation is 1. The average Bonchev–Trinajstić information content (AvgIpc) is 3.01. The van der Waals surface area contributed by atoms with Crippen LogP contribution in [0, 0.1) is 6.92 Å². The molecule has 0 spiro atoms. The molecule has 1 aromatic carbocycles. The van der Waals surface area contributed by atoms with Crippen LogP contribution in [0.1, 0.15) is 27.5 Å². The van der Waals surface area contributed by atoms with Gasteiger partial charge in [-0.1, -0.05) is 29.4 Å². The van der Waals surface area contributed by atoms with Crippen LogP contribution in [0.4, 0.5) is 5.69 Å². The normalized spacial score (nSPS) is 10.8. The Balaban J connectivity index is 1.72. The number of nitrogens with zero attached hydrogens (tertiary/aromatic N) is 2. The quantitative estimate of drug-likeness (QED) is 0.796. The van der Waals surface area contributed by atoms with Crippen molar-refractivity contribution < 1.29 is 9.32 Å². The van der Waals surface area contributed by atoms with Crippen molar-refractivity contribution in [2.24, 2.45) is 0 Å². The number of nitrogens with one attached hydrogen (secondary N) is 1. The smallest absolute Gasteiger partial charge is 0.294 e. The number of pyridine rings is 1. The van der Waals surface area contributed by atoms with E-state index in [1.165, 1.54) is 0 Å². The number of carbonyl (C=O) groups is 1. The lowest BCUT2D eigenvalue weighted by atomic mass is 10.1. The van der Waals surface area contributed by atoms with Crippen LogP contribution in [0.2, 0.25) is 0 Å². The molecule has 0 saturated heterocycles. The van der Waals surface area contributed by atoms with Crippen molar-refractivity contribution in [2.45, 2.75) is 6.92 Å². The average molecular weight is 305 g/mol. The Labute approximate surface area is 133 Å². The second-order valence-corrected chi connectivity index (χ2v) is 5.00. The highest BCUT2D eigenvalue weighted by atomic mass is 16.5. The molecule has 2 aromatic heterocycles. The van der Waals surface area contributed by atoms with Crippen molar-refractivity contribution in [2.75, 3.05) is 5.32 Å². The molecule has 0 unspecified atom stereocenters. The van der Waals surface area contributed by atoms with Gasteiger partial charge in [-0.3, -0.25) is 9.78 Å². The van der Waals surface area contributed by atoms with Gasteiger partial charge in [-0.05, 0) is 42.8 Å². The van der Waals surface area contributed by atoms with E-state index in [1.54, 1.807) is 19.2 Å². The van der Waals surface area contributed by atoms with Gasteiger partial charge >= 0.3 is 0 Å². The number of hydrogen-bond donors (Lipinski definition) is 1. The molecule has 0 aliphatic heterocycles. The fourth-order valence-electron chi connectivity index (χ4n) is 2.04. The van der Waals surface area contributed by atoms with E-state index in [-0.39, 0.29) is 11.7 Å². The molecule has 3 aromatic rings. The van der Waals surface area contributed by atoms with Crippen molar-refractivity contribution in [3.05, 3.63) is 77.4 Å². The van der Waals surface area contributed by atoms with Crippen LogP contribution in [0.25, 0.3) is 12.2 Å². The topological polar surface area (TPSA) is 68.0 Å². The molecule has 1 amide bonds. The first kappa shape index (κ1) is 14.7. The van der Waals surface area contributed by atoms with Crippen molar-refractivity contribution in [1.29, 1.82) is 0 Å². The zero-order valence-corrected chi connectivity index (χ0v) is 12.6. The van der Waals surface area contributed by atoms with Crippen molar-refractivity contribution in [3.8, 4) is 0 Å². The number of amides is 1. The molecule has 5 heteroatoms. The molecular weight excluding hydrogens is 290 g/mol. The predicted octanol–water partition coefficient (Wildman–Crippen LogP) is 3.80. The van der Waals surface area contributed by atoms with E-state index in [2.05, 4.69) is 15.5 Å². The van der Waals surface area contributed by atoms with E-state index in [1.807, 2.05) is 54.6 Å². The van der Waals surface area contributed by atoms with Crippen LogP contribution in [0.15, 0.2) is 59.3 Å². The fourth-order valence-corrected chi connectivity index (χ4v) is 2.04. The van der Waals surface area contributed by atoms with Crippen molar-refractivity contribution >= 4 is 23.7 Å². The third-order valence-corrected chi connectivity index (χ3v) is 3.13. The molecule has 0 atom stereocenters. The third-order valence-electron chi connectivity index (χ3n) is 3.13.